The summed E-state index contributed by atoms with van der Waals surface area (Å²) in [5, 5.41) is 13.0. The molecule has 1 atom stereocenters. The molecule has 1 aliphatic rings. The van der Waals surface area contributed by atoms with Crippen LogP contribution in [0.15, 0.2) is 150 Å². The first-order chi connectivity index (χ1) is 24.9. The zero-order valence-electron chi connectivity index (χ0n) is 27.3. The van der Waals surface area contributed by atoms with Crippen molar-refractivity contribution in [2.24, 2.45) is 4.99 Å². The average molecular weight is 691 g/mol. The smallest absolute Gasteiger partial charge is 0.336 e. The first-order valence-corrected chi connectivity index (χ1v) is 16.9. The van der Waals surface area contributed by atoms with Gasteiger partial charge in [0.15, 0.2) is 5.17 Å². The van der Waals surface area contributed by atoms with Gasteiger partial charge in [0.1, 0.15) is 16.7 Å². The zero-order chi connectivity index (χ0) is 35.3. The molecule has 2 amide bonds. The van der Waals surface area contributed by atoms with E-state index < -0.39 is 11.2 Å². The number of fused-ring (bicyclic) bond motifs is 1. The van der Waals surface area contributed by atoms with Gasteiger partial charge in [0.25, 0.3) is 5.91 Å². The van der Waals surface area contributed by atoms with Gasteiger partial charge >= 0.3 is 5.97 Å². The quantitative estimate of drug-likeness (QED) is 0.146. The van der Waals surface area contributed by atoms with Gasteiger partial charge < -0.3 is 15.2 Å². The Morgan fingerprint density at radius 3 is 2.27 bits per heavy atom. The Morgan fingerprint density at radius 2 is 1.55 bits per heavy atom. The van der Waals surface area contributed by atoms with Crippen molar-refractivity contribution in [3.63, 3.8) is 0 Å². The number of para-hydroxylation sites is 2. The Hall–Kier alpha value is -6.52. The third-order valence-corrected chi connectivity index (χ3v) is 9.41. The summed E-state index contributed by atoms with van der Waals surface area (Å²) in [5.41, 5.74) is 4.80. The molecule has 7 rings (SSSR count). The summed E-state index contributed by atoms with van der Waals surface area (Å²) >= 11 is 1.18. The number of carboxylic acids is 1. The van der Waals surface area contributed by atoms with Gasteiger partial charge in [-0.2, -0.15) is 0 Å². The molecule has 0 aliphatic carbocycles. The lowest BCUT2D eigenvalue weighted by Crippen LogP contribution is -2.32. The Bertz CT molecular complexity index is 2330. The number of carboxylic acid groups (broad SMARTS) is 1. The van der Waals surface area contributed by atoms with E-state index in [2.05, 4.69) is 10.3 Å². The Balaban J connectivity index is 1.19. The molecule has 0 fully saturated rings. The fourth-order valence-electron chi connectivity index (χ4n) is 5.71. The number of anilines is 2. The predicted molar refractivity (Wildman–Crippen MR) is 202 cm³/mol. The minimum Gasteiger partial charge on any atom is -0.497 e. The minimum atomic E-state index is -1.04. The Morgan fingerprint density at radius 1 is 0.843 bits per heavy atom. The minimum absolute atomic E-state index is 0.162. The molecular formula is C41H30N4O5S. The molecule has 2 heterocycles. The molecule has 0 spiro atoms. The van der Waals surface area contributed by atoms with Crippen LogP contribution in [0.3, 0.4) is 0 Å². The largest absolute Gasteiger partial charge is 0.497 e. The first kappa shape index (κ1) is 33.0. The third kappa shape index (κ3) is 7.12. The van der Waals surface area contributed by atoms with Crippen molar-refractivity contribution in [2.75, 3.05) is 17.3 Å². The van der Waals surface area contributed by atoms with Gasteiger partial charge in [-0.1, -0.05) is 103 Å². The van der Waals surface area contributed by atoms with Gasteiger partial charge in [-0.05, 0) is 65.7 Å². The number of hydrogen-bond donors (Lipinski definition) is 2. The number of nitrogens with zero attached hydrogens (tertiary/aromatic N) is 3. The van der Waals surface area contributed by atoms with Crippen molar-refractivity contribution in [3.05, 3.63) is 162 Å². The molecule has 0 saturated carbocycles. The number of ether oxygens (including phenoxy) is 1. The number of aromatic carboxylic acids is 1. The fraction of sp³-hybridized carbons (Fsp3) is 0.0488. The van der Waals surface area contributed by atoms with Crippen LogP contribution in [0, 0.1) is 0 Å². The SMILES string of the molecule is COc1cccc(/C=C2\N=C(SC(C(=O)Nc3ccc(-c4cc(C(=O)O)c5ccccc5n4)cc3)c3ccccc3)N(c3ccccc3)C2=O)c1. The number of rotatable bonds is 9. The number of thioether (sulfide) groups is 1. The number of methoxy groups -OCH3 is 1. The predicted octanol–water partition coefficient (Wildman–Crippen LogP) is 8.47. The molecule has 2 N–H and O–H groups in total. The van der Waals surface area contributed by atoms with E-state index in [-0.39, 0.29) is 23.1 Å². The second-order valence-corrected chi connectivity index (χ2v) is 12.6. The lowest BCUT2D eigenvalue weighted by atomic mass is 10.0. The monoisotopic (exact) mass is 690 g/mol. The molecule has 250 valence electrons. The summed E-state index contributed by atoms with van der Waals surface area (Å²) in [7, 11) is 1.58. The van der Waals surface area contributed by atoms with Gasteiger partial charge in [0.05, 0.1) is 29.6 Å². The molecule has 5 aromatic carbocycles. The summed E-state index contributed by atoms with van der Waals surface area (Å²) < 4.78 is 5.36. The second kappa shape index (κ2) is 14.5. The van der Waals surface area contributed by atoms with Crippen LogP contribution >= 0.6 is 11.8 Å². The molecule has 0 bridgehead atoms. The summed E-state index contributed by atoms with van der Waals surface area (Å²) in [4.78, 5) is 51.0. The first-order valence-electron chi connectivity index (χ1n) is 16.0. The number of amidine groups is 1. The van der Waals surface area contributed by atoms with E-state index >= 15 is 0 Å². The van der Waals surface area contributed by atoms with Crippen LogP contribution < -0.4 is 15.0 Å². The Labute approximate surface area is 298 Å². The van der Waals surface area contributed by atoms with Crippen LogP contribution in [0.1, 0.15) is 26.7 Å². The molecule has 1 unspecified atom stereocenters. The van der Waals surface area contributed by atoms with Gasteiger partial charge in [-0.25, -0.2) is 14.8 Å². The molecule has 1 aromatic heterocycles. The highest BCUT2D eigenvalue weighted by Gasteiger charge is 2.36. The standard InChI is InChI=1S/C41H30N4O5S/c1-50-31-16-10-11-26(23-31)24-36-39(47)45(30-14-6-3-7-15-30)41(44-36)51-37(28-12-4-2-5-13-28)38(46)42-29-21-19-27(20-22-29)35-25-33(40(48)49)32-17-8-9-18-34(32)43-35/h2-25,37H,1H3,(H,42,46)(H,48,49)/b36-24-. The van der Waals surface area contributed by atoms with E-state index in [1.165, 1.54) is 16.7 Å². The van der Waals surface area contributed by atoms with E-state index in [0.29, 0.717) is 44.5 Å². The van der Waals surface area contributed by atoms with Gasteiger partial charge in [0, 0.05) is 16.6 Å². The lowest BCUT2D eigenvalue weighted by Gasteiger charge is -2.22. The summed E-state index contributed by atoms with van der Waals surface area (Å²) in [6.45, 7) is 0. The number of hydrogen-bond acceptors (Lipinski definition) is 7. The number of nitrogens with one attached hydrogen (secondary N) is 1. The number of carbonyl (C=O) groups excluding carboxylic acids is 2. The van der Waals surface area contributed by atoms with Gasteiger partial charge in [-0.15, -0.1) is 0 Å². The van der Waals surface area contributed by atoms with E-state index in [1.54, 1.807) is 61.7 Å². The zero-order valence-corrected chi connectivity index (χ0v) is 28.1. The highest BCUT2D eigenvalue weighted by atomic mass is 32.2. The van der Waals surface area contributed by atoms with Gasteiger partial charge in [0.2, 0.25) is 5.91 Å². The van der Waals surface area contributed by atoms with Crippen LogP contribution in [-0.4, -0.2) is 40.2 Å². The van der Waals surface area contributed by atoms with Crippen molar-refractivity contribution in [1.82, 2.24) is 4.98 Å². The molecule has 1 aliphatic heterocycles. The molecule has 6 aromatic rings. The molecular weight excluding hydrogens is 661 g/mol. The maximum Gasteiger partial charge on any atom is 0.336 e. The number of aliphatic imine (C=N–C) groups is 1. The van der Waals surface area contributed by atoms with Crippen molar-refractivity contribution in [2.45, 2.75) is 5.25 Å². The highest BCUT2D eigenvalue weighted by molar-refractivity contribution is 8.15. The number of aromatic nitrogens is 1. The number of benzene rings is 5. The summed E-state index contributed by atoms with van der Waals surface area (Å²) in [6.07, 6.45) is 1.71. The molecule has 10 heteroatoms. The van der Waals surface area contributed by atoms with Crippen molar-refractivity contribution >= 4 is 63.1 Å². The van der Waals surface area contributed by atoms with E-state index in [1.807, 2.05) is 91.0 Å². The average Bonchev–Trinajstić information content (AvgIpc) is 3.47. The maximum absolute atomic E-state index is 14.1. The maximum atomic E-state index is 14.1. The van der Waals surface area contributed by atoms with Crippen molar-refractivity contribution in [1.29, 1.82) is 0 Å². The lowest BCUT2D eigenvalue weighted by molar-refractivity contribution is -0.116. The third-order valence-electron chi connectivity index (χ3n) is 8.20. The van der Waals surface area contributed by atoms with E-state index in [0.717, 1.165) is 11.1 Å². The van der Waals surface area contributed by atoms with Crippen molar-refractivity contribution in [3.8, 4) is 17.0 Å². The molecule has 51 heavy (non-hydrogen) atoms. The normalized spacial score (nSPS) is 14.0. The van der Waals surface area contributed by atoms with E-state index in [4.69, 9.17) is 9.73 Å². The van der Waals surface area contributed by atoms with Crippen LogP contribution in [0.2, 0.25) is 0 Å². The molecule has 9 nitrogen and oxygen atoms in total. The van der Waals surface area contributed by atoms with Crippen LogP contribution in [0.5, 0.6) is 5.75 Å². The van der Waals surface area contributed by atoms with Crippen LogP contribution in [0.25, 0.3) is 28.2 Å². The fourth-order valence-corrected chi connectivity index (χ4v) is 6.82. The Kier molecular flexibility index (Phi) is 9.40. The van der Waals surface area contributed by atoms with E-state index in [9.17, 15) is 19.5 Å². The summed E-state index contributed by atoms with van der Waals surface area (Å²) in [5.74, 6) is -1.02. The number of pyridine rings is 1. The van der Waals surface area contributed by atoms with Gasteiger partial charge in [-0.3, -0.25) is 14.5 Å². The van der Waals surface area contributed by atoms with Crippen molar-refractivity contribution < 1.29 is 24.2 Å². The molecule has 0 radical (unpaired) electrons. The highest BCUT2D eigenvalue weighted by Crippen LogP contribution is 2.38. The van der Waals surface area contributed by atoms with Crippen LogP contribution in [0.4, 0.5) is 11.4 Å². The molecule has 0 saturated heterocycles. The topological polar surface area (TPSA) is 121 Å². The number of carbonyl (C=O) groups is 3. The second-order valence-electron chi connectivity index (χ2n) is 11.5. The number of amides is 2. The van der Waals surface area contributed by atoms with Crippen LogP contribution in [-0.2, 0) is 9.59 Å². The summed E-state index contributed by atoms with van der Waals surface area (Å²) in [6, 6.07) is 41.6.